The van der Waals surface area contributed by atoms with Crippen molar-refractivity contribution in [2.75, 3.05) is 6.54 Å². The average Bonchev–Trinajstić information content (AvgIpc) is 2.53. The maximum Gasteiger partial charge on any atom is 0.139 e. The average molecular weight is 324 g/mol. The van der Waals surface area contributed by atoms with Gasteiger partial charge in [0.05, 0.1) is 0 Å². The third kappa shape index (κ3) is 3.01. The first kappa shape index (κ1) is 16.5. The summed E-state index contributed by atoms with van der Waals surface area (Å²) in [6, 6.07) is 0.432. The predicted octanol–water partition coefficient (Wildman–Crippen LogP) is 5.06. The summed E-state index contributed by atoms with van der Waals surface area (Å²) in [6.45, 7) is 3.13. The quantitative estimate of drug-likeness (QED) is 0.659. The fraction of sp³-hybridized carbons (Fsp3) is 0.842. The molecule has 0 aromatic carbocycles. The maximum absolute atomic E-state index is 12.8. The molecule has 1 spiro atoms. The number of nitrogens with zero attached hydrogens (tertiary/aromatic N) is 1. The maximum atomic E-state index is 12.8. The minimum atomic E-state index is 0.112. The molecule has 2 nitrogen and oxygen atoms in total. The van der Waals surface area contributed by atoms with Crippen molar-refractivity contribution in [1.29, 1.82) is 0 Å². The minimum Gasteiger partial charge on any atom is -0.299 e. The molecule has 3 rings (SSSR count). The topological polar surface area (TPSA) is 20.3 Å². The van der Waals surface area contributed by atoms with E-state index >= 15 is 0 Å². The van der Waals surface area contributed by atoms with E-state index in [2.05, 4.69) is 17.9 Å². The van der Waals surface area contributed by atoms with E-state index in [0.29, 0.717) is 11.8 Å². The lowest BCUT2D eigenvalue weighted by Crippen LogP contribution is -2.66. The third-order valence-electron chi connectivity index (χ3n) is 6.23. The van der Waals surface area contributed by atoms with E-state index in [9.17, 15) is 4.79 Å². The fourth-order valence-electron chi connectivity index (χ4n) is 5.10. The molecule has 1 aliphatic carbocycles. The first-order valence-corrected chi connectivity index (χ1v) is 9.69. The number of rotatable bonds is 5. The van der Waals surface area contributed by atoms with Crippen molar-refractivity contribution in [2.45, 2.75) is 89.1 Å². The van der Waals surface area contributed by atoms with Gasteiger partial charge in [-0.1, -0.05) is 63.1 Å². The molecular weight excluding hydrogens is 294 g/mol. The van der Waals surface area contributed by atoms with E-state index in [1.165, 1.54) is 51.4 Å². The SMILES string of the molecule is CCCCCC[C@H]1CC(=O)[C@@H]2CCCC[C@@]23CC=C(Cl)CN13. The summed E-state index contributed by atoms with van der Waals surface area (Å²) >= 11 is 6.38. The molecule has 3 heteroatoms. The largest absolute Gasteiger partial charge is 0.299 e. The summed E-state index contributed by atoms with van der Waals surface area (Å²) in [7, 11) is 0. The number of Topliss-reactive ketones (excluding diaryl/α,β-unsaturated/α-hetero) is 1. The Labute approximate surface area is 140 Å². The van der Waals surface area contributed by atoms with E-state index in [0.717, 1.165) is 30.8 Å². The van der Waals surface area contributed by atoms with Crippen LogP contribution in [0.15, 0.2) is 11.1 Å². The Balaban J connectivity index is 1.78. The molecule has 2 heterocycles. The highest BCUT2D eigenvalue weighted by Gasteiger charge is 2.54. The van der Waals surface area contributed by atoms with Crippen LogP contribution in [0.4, 0.5) is 0 Å². The molecule has 2 fully saturated rings. The smallest absolute Gasteiger partial charge is 0.139 e. The van der Waals surface area contributed by atoms with Gasteiger partial charge in [-0.25, -0.2) is 0 Å². The number of halogens is 1. The molecule has 0 aromatic rings. The Hall–Kier alpha value is -0.340. The zero-order chi connectivity index (χ0) is 15.6. The second-order valence-corrected chi connectivity index (χ2v) is 8.04. The Bertz CT molecular complexity index is 447. The molecule has 0 bridgehead atoms. The molecule has 124 valence electrons. The van der Waals surface area contributed by atoms with Crippen molar-refractivity contribution in [3.8, 4) is 0 Å². The fourth-order valence-corrected chi connectivity index (χ4v) is 5.31. The third-order valence-corrected chi connectivity index (χ3v) is 6.50. The van der Waals surface area contributed by atoms with Gasteiger partial charge in [-0.15, -0.1) is 0 Å². The van der Waals surface area contributed by atoms with Crippen molar-refractivity contribution < 1.29 is 4.79 Å². The molecule has 0 aromatic heterocycles. The lowest BCUT2D eigenvalue weighted by atomic mass is 9.63. The van der Waals surface area contributed by atoms with Crippen LogP contribution in [0, 0.1) is 5.92 Å². The minimum absolute atomic E-state index is 0.112. The van der Waals surface area contributed by atoms with Crippen LogP contribution >= 0.6 is 11.6 Å². The van der Waals surface area contributed by atoms with Crippen molar-refractivity contribution in [2.24, 2.45) is 5.92 Å². The van der Waals surface area contributed by atoms with E-state index in [4.69, 9.17) is 11.6 Å². The lowest BCUT2D eigenvalue weighted by Gasteiger charge is -2.58. The first-order chi connectivity index (χ1) is 10.7. The molecule has 3 aliphatic rings. The van der Waals surface area contributed by atoms with Crippen LogP contribution in [-0.4, -0.2) is 28.8 Å². The second-order valence-electron chi connectivity index (χ2n) is 7.56. The Kier molecular flexibility index (Phi) is 5.29. The Morgan fingerprint density at radius 2 is 2.18 bits per heavy atom. The van der Waals surface area contributed by atoms with Crippen LogP contribution in [0.5, 0.6) is 0 Å². The van der Waals surface area contributed by atoms with Crippen LogP contribution in [0.1, 0.15) is 77.6 Å². The van der Waals surface area contributed by atoms with Gasteiger partial charge in [-0.3, -0.25) is 9.69 Å². The van der Waals surface area contributed by atoms with E-state index in [1.807, 2.05) is 0 Å². The molecule has 0 amide bonds. The predicted molar refractivity (Wildman–Crippen MR) is 92.1 cm³/mol. The van der Waals surface area contributed by atoms with Gasteiger partial charge in [0.15, 0.2) is 0 Å². The van der Waals surface area contributed by atoms with Crippen LogP contribution in [0.2, 0.25) is 0 Å². The molecule has 1 saturated carbocycles. The molecule has 3 atom stereocenters. The zero-order valence-corrected chi connectivity index (χ0v) is 14.7. The van der Waals surface area contributed by atoms with Gasteiger partial charge < -0.3 is 0 Å². The Morgan fingerprint density at radius 1 is 1.32 bits per heavy atom. The molecule has 0 unspecified atom stereocenters. The highest BCUT2D eigenvalue weighted by atomic mass is 35.5. The van der Waals surface area contributed by atoms with Gasteiger partial charge in [-0.05, 0) is 25.7 Å². The molecule has 0 radical (unpaired) electrons. The van der Waals surface area contributed by atoms with Gasteiger partial charge >= 0.3 is 0 Å². The number of hydrogen-bond donors (Lipinski definition) is 0. The zero-order valence-electron chi connectivity index (χ0n) is 14.0. The first-order valence-electron chi connectivity index (χ1n) is 9.31. The van der Waals surface area contributed by atoms with E-state index in [-0.39, 0.29) is 11.5 Å². The van der Waals surface area contributed by atoms with Crippen LogP contribution in [0.25, 0.3) is 0 Å². The Morgan fingerprint density at radius 3 is 3.00 bits per heavy atom. The molecule has 22 heavy (non-hydrogen) atoms. The normalized spacial score (nSPS) is 35.7. The van der Waals surface area contributed by atoms with E-state index < -0.39 is 0 Å². The van der Waals surface area contributed by atoms with Crippen molar-refractivity contribution in [3.63, 3.8) is 0 Å². The van der Waals surface area contributed by atoms with E-state index in [1.54, 1.807) is 0 Å². The standard InChI is InChI=1S/C19H30ClNO/c1-2-3-4-5-8-16-13-18(22)17-9-6-7-11-19(17)12-10-15(20)14-21(16)19/h10,16-17H,2-9,11-14H2,1H3/t16-,17-,19+/m0/s1. The molecule has 2 aliphatic heterocycles. The highest BCUT2D eigenvalue weighted by Crippen LogP contribution is 2.49. The summed E-state index contributed by atoms with van der Waals surface area (Å²) in [5, 5.41) is 0.989. The lowest BCUT2D eigenvalue weighted by molar-refractivity contribution is -0.144. The number of piperidine rings is 1. The molecular formula is C19H30ClNO. The van der Waals surface area contributed by atoms with Crippen LogP contribution in [0.3, 0.4) is 0 Å². The highest BCUT2D eigenvalue weighted by molar-refractivity contribution is 6.29. The number of carbonyl (C=O) groups is 1. The van der Waals surface area contributed by atoms with Crippen LogP contribution in [-0.2, 0) is 4.79 Å². The number of hydrogen-bond acceptors (Lipinski definition) is 2. The summed E-state index contributed by atoms with van der Waals surface area (Å²) in [6.07, 6.45) is 15.1. The summed E-state index contributed by atoms with van der Waals surface area (Å²) in [4.78, 5) is 15.4. The summed E-state index contributed by atoms with van der Waals surface area (Å²) < 4.78 is 0. The number of carbonyl (C=O) groups excluding carboxylic acids is 1. The van der Waals surface area contributed by atoms with Crippen molar-refractivity contribution in [1.82, 2.24) is 4.90 Å². The van der Waals surface area contributed by atoms with Gasteiger partial charge in [0, 0.05) is 35.5 Å². The second kappa shape index (κ2) is 7.05. The monoisotopic (exact) mass is 323 g/mol. The number of unbranched alkanes of at least 4 members (excludes halogenated alkanes) is 3. The van der Waals surface area contributed by atoms with Gasteiger partial charge in [0.1, 0.15) is 5.78 Å². The van der Waals surface area contributed by atoms with Crippen LogP contribution < -0.4 is 0 Å². The summed E-state index contributed by atoms with van der Waals surface area (Å²) in [5.74, 6) is 0.817. The van der Waals surface area contributed by atoms with Crippen molar-refractivity contribution >= 4 is 17.4 Å². The molecule has 1 saturated heterocycles. The molecule has 0 N–H and O–H groups in total. The van der Waals surface area contributed by atoms with Gasteiger partial charge in [-0.2, -0.15) is 0 Å². The van der Waals surface area contributed by atoms with Gasteiger partial charge in [0.25, 0.3) is 0 Å². The van der Waals surface area contributed by atoms with Crippen molar-refractivity contribution in [3.05, 3.63) is 11.1 Å². The van der Waals surface area contributed by atoms with Gasteiger partial charge in [0.2, 0.25) is 0 Å². The summed E-state index contributed by atoms with van der Waals surface area (Å²) in [5.41, 5.74) is 0.112. The number of ketones is 1.